The van der Waals surface area contributed by atoms with Gasteiger partial charge in [-0.25, -0.2) is 0 Å². The molecule has 2 heteroatoms. The molecule has 0 unspecified atom stereocenters. The van der Waals surface area contributed by atoms with Crippen molar-refractivity contribution in [3.63, 3.8) is 0 Å². The molecule has 0 heterocycles. The minimum absolute atomic E-state index is 0.958. The topological polar surface area (TPSA) is 12.0 Å². The van der Waals surface area contributed by atoms with E-state index in [9.17, 15) is 0 Å². The van der Waals surface area contributed by atoms with Crippen molar-refractivity contribution in [3.8, 4) is 0 Å². The van der Waals surface area contributed by atoms with Crippen LogP contribution in [0.1, 0.15) is 24.5 Å². The summed E-state index contributed by atoms with van der Waals surface area (Å²) in [5.41, 5.74) is 2.77. The van der Waals surface area contributed by atoms with Crippen LogP contribution >= 0.6 is 11.8 Å². The highest BCUT2D eigenvalue weighted by Gasteiger charge is 1.99. The van der Waals surface area contributed by atoms with Crippen LogP contribution < -0.4 is 5.32 Å². The number of hydrogen-bond donors (Lipinski definition) is 1. The molecule has 0 aliphatic heterocycles. The van der Waals surface area contributed by atoms with E-state index in [0.29, 0.717) is 0 Å². The SMILES string of the molecule is CCCSc1ccc(CNC)cc1C. The number of nitrogens with one attached hydrogen (secondary N) is 1. The Morgan fingerprint density at radius 3 is 2.71 bits per heavy atom. The van der Waals surface area contributed by atoms with Crippen molar-refractivity contribution in [2.75, 3.05) is 12.8 Å². The van der Waals surface area contributed by atoms with E-state index in [0.717, 1.165) is 6.54 Å². The first-order valence-electron chi connectivity index (χ1n) is 5.15. The van der Waals surface area contributed by atoms with Gasteiger partial charge in [0.15, 0.2) is 0 Å². The first kappa shape index (κ1) is 11.6. The third-order valence-electron chi connectivity index (χ3n) is 2.08. The van der Waals surface area contributed by atoms with E-state index >= 15 is 0 Å². The van der Waals surface area contributed by atoms with Crippen LogP contribution in [0, 0.1) is 6.92 Å². The summed E-state index contributed by atoms with van der Waals surface area (Å²) >= 11 is 1.95. The van der Waals surface area contributed by atoms with Gasteiger partial charge in [-0.3, -0.25) is 0 Å². The lowest BCUT2D eigenvalue weighted by molar-refractivity contribution is 0.815. The van der Waals surface area contributed by atoms with Crippen LogP contribution in [-0.2, 0) is 6.54 Å². The Morgan fingerprint density at radius 2 is 2.14 bits per heavy atom. The molecule has 1 rings (SSSR count). The van der Waals surface area contributed by atoms with Crippen LogP contribution in [0.25, 0.3) is 0 Å². The highest BCUT2D eigenvalue weighted by molar-refractivity contribution is 7.99. The zero-order chi connectivity index (χ0) is 10.4. The number of thioether (sulfide) groups is 1. The molecule has 0 aromatic heterocycles. The van der Waals surface area contributed by atoms with Crippen LogP contribution in [0.3, 0.4) is 0 Å². The van der Waals surface area contributed by atoms with Gasteiger partial charge in [-0.1, -0.05) is 19.1 Å². The van der Waals surface area contributed by atoms with E-state index in [2.05, 4.69) is 37.4 Å². The van der Waals surface area contributed by atoms with E-state index in [1.807, 2.05) is 18.8 Å². The van der Waals surface area contributed by atoms with Crippen LogP contribution in [0.2, 0.25) is 0 Å². The van der Waals surface area contributed by atoms with Crippen LogP contribution in [-0.4, -0.2) is 12.8 Å². The Hall–Kier alpha value is -0.470. The lowest BCUT2D eigenvalue weighted by Gasteiger charge is -2.07. The molecule has 1 N–H and O–H groups in total. The van der Waals surface area contributed by atoms with Crippen molar-refractivity contribution in [3.05, 3.63) is 29.3 Å². The molecule has 0 aliphatic rings. The summed E-state index contributed by atoms with van der Waals surface area (Å²) in [4.78, 5) is 1.42. The second-order valence-corrected chi connectivity index (χ2v) is 4.62. The predicted molar refractivity (Wildman–Crippen MR) is 65.0 cm³/mol. The number of hydrogen-bond acceptors (Lipinski definition) is 2. The molecule has 1 aromatic carbocycles. The fourth-order valence-corrected chi connectivity index (χ4v) is 2.27. The molecule has 1 aromatic rings. The second kappa shape index (κ2) is 6.10. The summed E-state index contributed by atoms with van der Waals surface area (Å²) in [7, 11) is 1.98. The van der Waals surface area contributed by atoms with Crippen LogP contribution in [0.15, 0.2) is 23.1 Å². The minimum atomic E-state index is 0.958. The fraction of sp³-hybridized carbons (Fsp3) is 0.500. The predicted octanol–water partition coefficient (Wildman–Crippen LogP) is 3.22. The maximum absolute atomic E-state index is 3.17. The fourth-order valence-electron chi connectivity index (χ4n) is 1.40. The molecule has 78 valence electrons. The Morgan fingerprint density at radius 1 is 1.36 bits per heavy atom. The van der Waals surface area contributed by atoms with Gasteiger partial charge in [0.25, 0.3) is 0 Å². The first-order valence-corrected chi connectivity index (χ1v) is 6.13. The molecule has 14 heavy (non-hydrogen) atoms. The zero-order valence-electron chi connectivity index (χ0n) is 9.26. The molecule has 0 amide bonds. The Balaban J connectivity index is 2.68. The van der Waals surface area contributed by atoms with Crippen LogP contribution in [0.4, 0.5) is 0 Å². The lowest BCUT2D eigenvalue weighted by atomic mass is 10.1. The van der Waals surface area contributed by atoms with Crippen molar-refractivity contribution >= 4 is 11.8 Å². The average molecular weight is 209 g/mol. The number of benzene rings is 1. The molecular weight excluding hydrogens is 190 g/mol. The van der Waals surface area contributed by atoms with Gasteiger partial charge in [-0.2, -0.15) is 0 Å². The van der Waals surface area contributed by atoms with Gasteiger partial charge in [0.2, 0.25) is 0 Å². The summed E-state index contributed by atoms with van der Waals surface area (Å²) in [5.74, 6) is 1.21. The summed E-state index contributed by atoms with van der Waals surface area (Å²) < 4.78 is 0. The van der Waals surface area contributed by atoms with E-state index in [1.165, 1.54) is 28.2 Å². The van der Waals surface area contributed by atoms with Crippen LogP contribution in [0.5, 0.6) is 0 Å². The highest BCUT2D eigenvalue weighted by atomic mass is 32.2. The quantitative estimate of drug-likeness (QED) is 0.747. The van der Waals surface area contributed by atoms with Gasteiger partial charge in [0.1, 0.15) is 0 Å². The van der Waals surface area contributed by atoms with E-state index in [-0.39, 0.29) is 0 Å². The van der Waals surface area contributed by atoms with E-state index in [4.69, 9.17) is 0 Å². The summed E-state index contributed by atoms with van der Waals surface area (Å²) in [6, 6.07) is 6.72. The van der Waals surface area contributed by atoms with Gasteiger partial charge < -0.3 is 5.32 Å². The van der Waals surface area contributed by atoms with Crippen molar-refractivity contribution in [1.29, 1.82) is 0 Å². The summed E-state index contributed by atoms with van der Waals surface area (Å²) in [6.45, 7) is 5.37. The Labute approximate surface area is 91.3 Å². The Kier molecular flexibility index (Phi) is 5.05. The number of rotatable bonds is 5. The van der Waals surface area contributed by atoms with Crippen molar-refractivity contribution in [2.45, 2.75) is 31.7 Å². The molecule has 0 bridgehead atoms. The maximum Gasteiger partial charge on any atom is 0.0202 e. The molecule has 0 spiro atoms. The largest absolute Gasteiger partial charge is 0.316 e. The van der Waals surface area contributed by atoms with Gasteiger partial charge in [-0.05, 0) is 43.3 Å². The second-order valence-electron chi connectivity index (χ2n) is 3.48. The molecule has 1 nitrogen and oxygen atoms in total. The Bertz CT molecular complexity index is 284. The third kappa shape index (κ3) is 3.35. The highest BCUT2D eigenvalue weighted by Crippen LogP contribution is 2.23. The third-order valence-corrected chi connectivity index (χ3v) is 3.46. The molecule has 0 radical (unpaired) electrons. The normalized spacial score (nSPS) is 10.5. The van der Waals surface area contributed by atoms with Gasteiger partial charge in [-0.15, -0.1) is 11.8 Å². The summed E-state index contributed by atoms with van der Waals surface area (Å²) in [6.07, 6.45) is 1.24. The van der Waals surface area contributed by atoms with E-state index in [1.54, 1.807) is 0 Å². The summed E-state index contributed by atoms with van der Waals surface area (Å²) in [5, 5.41) is 3.17. The zero-order valence-corrected chi connectivity index (χ0v) is 10.1. The van der Waals surface area contributed by atoms with Crippen molar-refractivity contribution in [2.24, 2.45) is 0 Å². The van der Waals surface area contributed by atoms with E-state index < -0.39 is 0 Å². The molecular formula is C12H19NS. The standard InChI is InChI=1S/C12H19NS/c1-4-7-14-12-6-5-11(9-13-3)8-10(12)2/h5-6,8,13H,4,7,9H2,1-3H3. The van der Waals surface area contributed by atoms with Crippen molar-refractivity contribution < 1.29 is 0 Å². The molecule has 0 saturated heterocycles. The first-order chi connectivity index (χ1) is 6.77. The lowest BCUT2D eigenvalue weighted by Crippen LogP contribution is -2.05. The maximum atomic E-state index is 3.17. The van der Waals surface area contributed by atoms with Gasteiger partial charge in [0.05, 0.1) is 0 Å². The number of aryl methyl sites for hydroxylation is 1. The molecule has 0 atom stereocenters. The van der Waals surface area contributed by atoms with Gasteiger partial charge >= 0.3 is 0 Å². The molecule has 0 aliphatic carbocycles. The smallest absolute Gasteiger partial charge is 0.0202 e. The van der Waals surface area contributed by atoms with Gasteiger partial charge in [0, 0.05) is 11.4 Å². The van der Waals surface area contributed by atoms with Crippen molar-refractivity contribution in [1.82, 2.24) is 5.32 Å². The average Bonchev–Trinajstić information content (AvgIpc) is 2.17. The molecule has 0 saturated carbocycles. The monoisotopic (exact) mass is 209 g/mol. The minimum Gasteiger partial charge on any atom is -0.316 e. The molecule has 0 fully saturated rings.